The SMILES string of the molecule is CCn1ncnc1C(O)C(=O)O. The van der Waals surface area contributed by atoms with Crippen molar-refractivity contribution in [3.63, 3.8) is 0 Å². The molecule has 0 aliphatic carbocycles. The fourth-order valence-corrected chi connectivity index (χ4v) is 0.839. The summed E-state index contributed by atoms with van der Waals surface area (Å²) in [5.74, 6) is -1.26. The molecular formula is C6H9N3O3. The average molecular weight is 171 g/mol. The fraction of sp³-hybridized carbons (Fsp3) is 0.500. The molecule has 0 saturated heterocycles. The molecule has 1 unspecified atom stereocenters. The number of carboxylic acid groups (broad SMARTS) is 1. The molecule has 0 aliphatic heterocycles. The van der Waals surface area contributed by atoms with Crippen LogP contribution in [0.15, 0.2) is 6.33 Å². The molecule has 0 bridgehead atoms. The van der Waals surface area contributed by atoms with Gasteiger partial charge in [-0.3, -0.25) is 0 Å². The highest BCUT2D eigenvalue weighted by atomic mass is 16.4. The number of aliphatic carboxylic acids is 1. The second-order valence-electron chi connectivity index (χ2n) is 2.17. The van der Waals surface area contributed by atoms with Crippen molar-refractivity contribution in [2.75, 3.05) is 0 Å². The van der Waals surface area contributed by atoms with E-state index in [4.69, 9.17) is 10.2 Å². The third-order valence-electron chi connectivity index (χ3n) is 1.42. The summed E-state index contributed by atoms with van der Waals surface area (Å²) in [4.78, 5) is 14.0. The number of aryl methyl sites for hydroxylation is 1. The molecule has 1 aromatic heterocycles. The van der Waals surface area contributed by atoms with Gasteiger partial charge >= 0.3 is 5.97 Å². The van der Waals surface area contributed by atoms with E-state index in [2.05, 4.69) is 10.1 Å². The third kappa shape index (κ3) is 1.42. The molecule has 0 fully saturated rings. The molecule has 12 heavy (non-hydrogen) atoms. The lowest BCUT2D eigenvalue weighted by Gasteiger charge is -2.04. The fourth-order valence-electron chi connectivity index (χ4n) is 0.839. The molecule has 1 rings (SSSR count). The Labute approximate surface area is 68.5 Å². The van der Waals surface area contributed by atoms with Crippen LogP contribution < -0.4 is 0 Å². The van der Waals surface area contributed by atoms with Crippen LogP contribution in [0.3, 0.4) is 0 Å². The van der Waals surface area contributed by atoms with E-state index in [-0.39, 0.29) is 5.82 Å². The Morgan fingerprint density at radius 2 is 2.50 bits per heavy atom. The van der Waals surface area contributed by atoms with Crippen LogP contribution in [-0.4, -0.2) is 30.9 Å². The molecule has 0 aliphatic rings. The van der Waals surface area contributed by atoms with Crippen molar-refractivity contribution in [1.29, 1.82) is 0 Å². The number of aliphatic hydroxyl groups excluding tert-OH is 1. The maximum atomic E-state index is 10.3. The van der Waals surface area contributed by atoms with Crippen LogP contribution in [0.4, 0.5) is 0 Å². The van der Waals surface area contributed by atoms with Crippen molar-refractivity contribution in [2.24, 2.45) is 0 Å². The standard InChI is InChI=1S/C6H9N3O3/c1-2-9-5(7-3-8-9)4(10)6(11)12/h3-4,10H,2H2,1H3,(H,11,12). The van der Waals surface area contributed by atoms with Gasteiger partial charge < -0.3 is 10.2 Å². The first-order chi connectivity index (χ1) is 5.66. The normalized spacial score (nSPS) is 12.8. The Balaban J connectivity index is 2.93. The molecule has 1 atom stereocenters. The van der Waals surface area contributed by atoms with E-state index in [9.17, 15) is 4.79 Å². The van der Waals surface area contributed by atoms with Gasteiger partial charge in [-0.15, -0.1) is 0 Å². The molecule has 2 N–H and O–H groups in total. The van der Waals surface area contributed by atoms with Gasteiger partial charge in [0.25, 0.3) is 0 Å². The van der Waals surface area contributed by atoms with Crippen LogP contribution in [0.5, 0.6) is 0 Å². The molecule has 1 aromatic rings. The number of aromatic nitrogens is 3. The van der Waals surface area contributed by atoms with E-state index in [1.807, 2.05) is 0 Å². The molecule has 0 radical (unpaired) electrons. The van der Waals surface area contributed by atoms with Crippen LogP contribution in [0.1, 0.15) is 18.9 Å². The zero-order valence-corrected chi connectivity index (χ0v) is 6.51. The minimum Gasteiger partial charge on any atom is -0.479 e. The summed E-state index contributed by atoms with van der Waals surface area (Å²) < 4.78 is 1.33. The van der Waals surface area contributed by atoms with Crippen molar-refractivity contribution in [3.05, 3.63) is 12.2 Å². The summed E-state index contributed by atoms with van der Waals surface area (Å²) in [7, 11) is 0. The van der Waals surface area contributed by atoms with E-state index in [0.29, 0.717) is 6.54 Å². The Morgan fingerprint density at radius 3 is 3.00 bits per heavy atom. The van der Waals surface area contributed by atoms with Gasteiger partial charge in [-0.1, -0.05) is 0 Å². The summed E-state index contributed by atoms with van der Waals surface area (Å²) in [6.45, 7) is 2.27. The summed E-state index contributed by atoms with van der Waals surface area (Å²) in [6.07, 6.45) is -0.377. The number of hydrogen-bond acceptors (Lipinski definition) is 4. The Hall–Kier alpha value is -1.43. The molecule has 6 nitrogen and oxygen atoms in total. The minimum absolute atomic E-state index is 0.0602. The minimum atomic E-state index is -1.59. The first kappa shape index (κ1) is 8.66. The van der Waals surface area contributed by atoms with Crippen molar-refractivity contribution in [2.45, 2.75) is 19.6 Å². The van der Waals surface area contributed by atoms with E-state index >= 15 is 0 Å². The van der Waals surface area contributed by atoms with Crippen molar-refractivity contribution < 1.29 is 15.0 Å². The molecule has 6 heteroatoms. The Bertz CT molecular complexity index is 283. The smallest absolute Gasteiger partial charge is 0.340 e. The highest BCUT2D eigenvalue weighted by Gasteiger charge is 2.21. The number of rotatable bonds is 3. The summed E-state index contributed by atoms with van der Waals surface area (Å²) in [5, 5.41) is 21.2. The predicted octanol–water partition coefficient (Wildman–Crippen LogP) is -0.584. The second kappa shape index (κ2) is 3.31. The van der Waals surface area contributed by atoms with Gasteiger partial charge in [-0.25, -0.2) is 14.5 Å². The van der Waals surface area contributed by atoms with Gasteiger partial charge in [0, 0.05) is 6.54 Å². The lowest BCUT2D eigenvalue weighted by molar-refractivity contribution is -0.147. The Morgan fingerprint density at radius 1 is 1.83 bits per heavy atom. The van der Waals surface area contributed by atoms with Gasteiger partial charge in [0.2, 0.25) is 6.10 Å². The quantitative estimate of drug-likeness (QED) is 0.635. The van der Waals surface area contributed by atoms with Crippen LogP contribution in [-0.2, 0) is 11.3 Å². The Kier molecular flexibility index (Phi) is 2.39. The van der Waals surface area contributed by atoms with Gasteiger partial charge in [-0.2, -0.15) is 5.10 Å². The monoisotopic (exact) mass is 171 g/mol. The van der Waals surface area contributed by atoms with Crippen LogP contribution in [0.2, 0.25) is 0 Å². The molecule has 0 saturated carbocycles. The molecule has 1 heterocycles. The highest BCUT2D eigenvalue weighted by Crippen LogP contribution is 2.08. The van der Waals surface area contributed by atoms with Gasteiger partial charge in [0.05, 0.1) is 0 Å². The van der Waals surface area contributed by atoms with Crippen LogP contribution in [0.25, 0.3) is 0 Å². The molecule has 66 valence electrons. The molecule has 0 amide bonds. The van der Waals surface area contributed by atoms with Crippen molar-refractivity contribution in [1.82, 2.24) is 14.8 Å². The van der Waals surface area contributed by atoms with Gasteiger partial charge in [0.1, 0.15) is 6.33 Å². The zero-order valence-electron chi connectivity index (χ0n) is 6.51. The summed E-state index contributed by atoms with van der Waals surface area (Å²) >= 11 is 0. The third-order valence-corrected chi connectivity index (χ3v) is 1.42. The number of aliphatic hydroxyl groups is 1. The lowest BCUT2D eigenvalue weighted by Crippen LogP contribution is -2.16. The number of hydrogen-bond donors (Lipinski definition) is 2. The van der Waals surface area contributed by atoms with Crippen molar-refractivity contribution >= 4 is 5.97 Å². The number of nitrogens with zero attached hydrogens (tertiary/aromatic N) is 3. The largest absolute Gasteiger partial charge is 0.479 e. The number of carbonyl (C=O) groups is 1. The van der Waals surface area contributed by atoms with E-state index in [1.54, 1.807) is 6.92 Å². The highest BCUT2D eigenvalue weighted by molar-refractivity contribution is 5.72. The topological polar surface area (TPSA) is 88.2 Å². The first-order valence-corrected chi connectivity index (χ1v) is 3.45. The summed E-state index contributed by atoms with van der Waals surface area (Å²) in [5.41, 5.74) is 0. The zero-order chi connectivity index (χ0) is 9.14. The number of carboxylic acids is 1. The maximum Gasteiger partial charge on any atom is 0.340 e. The molecular weight excluding hydrogens is 162 g/mol. The molecule has 0 spiro atoms. The summed E-state index contributed by atoms with van der Waals surface area (Å²) in [6, 6.07) is 0. The van der Waals surface area contributed by atoms with Gasteiger partial charge in [0.15, 0.2) is 5.82 Å². The first-order valence-electron chi connectivity index (χ1n) is 3.45. The second-order valence-corrected chi connectivity index (χ2v) is 2.17. The van der Waals surface area contributed by atoms with Crippen LogP contribution in [0, 0.1) is 0 Å². The average Bonchev–Trinajstić information content (AvgIpc) is 2.49. The van der Waals surface area contributed by atoms with Crippen LogP contribution >= 0.6 is 0 Å². The lowest BCUT2D eigenvalue weighted by atomic mass is 10.3. The van der Waals surface area contributed by atoms with Gasteiger partial charge in [-0.05, 0) is 6.92 Å². The van der Waals surface area contributed by atoms with E-state index in [0.717, 1.165) is 0 Å². The van der Waals surface area contributed by atoms with E-state index in [1.165, 1.54) is 11.0 Å². The maximum absolute atomic E-state index is 10.3. The predicted molar refractivity (Wildman–Crippen MR) is 38.3 cm³/mol. The molecule has 0 aromatic carbocycles. The van der Waals surface area contributed by atoms with Crippen molar-refractivity contribution in [3.8, 4) is 0 Å². The van der Waals surface area contributed by atoms with E-state index < -0.39 is 12.1 Å².